The van der Waals surface area contributed by atoms with E-state index in [1.165, 1.54) is 16.8 Å². The van der Waals surface area contributed by atoms with Gasteiger partial charge in [-0.3, -0.25) is 14.4 Å². The van der Waals surface area contributed by atoms with Crippen LogP contribution in [0.15, 0.2) is 66.9 Å². The summed E-state index contributed by atoms with van der Waals surface area (Å²) in [5.74, 6) is -1.54. The number of nitrogens with one attached hydrogen (secondary N) is 2. The number of carbonyl (C=O) groups is 1. The van der Waals surface area contributed by atoms with Crippen molar-refractivity contribution in [1.29, 1.82) is 0 Å². The van der Waals surface area contributed by atoms with E-state index in [9.17, 15) is 22.0 Å². The summed E-state index contributed by atoms with van der Waals surface area (Å²) in [4.78, 5) is 18.0. The van der Waals surface area contributed by atoms with Crippen LogP contribution >= 0.6 is 23.2 Å². The molecule has 0 radical (unpaired) electrons. The number of amides is 1. The van der Waals surface area contributed by atoms with E-state index in [2.05, 4.69) is 15.1 Å². The fourth-order valence-corrected chi connectivity index (χ4v) is 6.27. The maximum atomic E-state index is 14.3. The Balaban J connectivity index is 1.79. The third kappa shape index (κ3) is 8.01. The Labute approximate surface area is 280 Å². The standard InChI is InChI=1S/C33H31Cl2F2N5O4S/c1-33(2,3)46-32(43)39-27(14-18-12-20(36)16-21(37)13-18)29-24(15-19(17-38-29)22-8-6-7-9-25(22)34)23-10-11-26(35)28-30(23)42(4)40-31(28)41-47(5,44)45/h6-13,15-17,27H,14H2,1-5H3,(H,39,43)(H,40,41)/t27-/m0/s1. The number of nitrogens with zero attached hydrogens (tertiary/aromatic N) is 3. The lowest BCUT2D eigenvalue weighted by atomic mass is 9.92. The van der Waals surface area contributed by atoms with Gasteiger partial charge in [-0.05, 0) is 63.1 Å². The first-order valence-electron chi connectivity index (χ1n) is 14.3. The normalized spacial score (nSPS) is 12.6. The highest BCUT2D eigenvalue weighted by atomic mass is 35.5. The number of sulfonamides is 1. The van der Waals surface area contributed by atoms with Gasteiger partial charge in [0.15, 0.2) is 5.82 Å². The van der Waals surface area contributed by atoms with Crippen molar-refractivity contribution in [3.05, 3.63) is 99.8 Å². The van der Waals surface area contributed by atoms with Crippen LogP contribution in [0.5, 0.6) is 0 Å². The second-order valence-corrected chi connectivity index (χ2v) is 14.5. The summed E-state index contributed by atoms with van der Waals surface area (Å²) in [6.07, 6.45) is 1.75. The van der Waals surface area contributed by atoms with Crippen molar-refractivity contribution in [2.45, 2.75) is 38.8 Å². The summed E-state index contributed by atoms with van der Waals surface area (Å²) >= 11 is 13.2. The molecule has 0 saturated carbocycles. The van der Waals surface area contributed by atoms with E-state index in [4.69, 9.17) is 32.9 Å². The number of alkyl carbamates (subject to hydrolysis) is 1. The number of halogens is 4. The van der Waals surface area contributed by atoms with E-state index in [0.717, 1.165) is 12.3 Å². The Morgan fingerprint density at radius 3 is 2.30 bits per heavy atom. The number of benzene rings is 3. The van der Waals surface area contributed by atoms with Crippen molar-refractivity contribution in [1.82, 2.24) is 20.1 Å². The van der Waals surface area contributed by atoms with Crippen molar-refractivity contribution in [3.63, 3.8) is 0 Å². The quantitative estimate of drug-likeness (QED) is 0.169. The van der Waals surface area contributed by atoms with E-state index in [1.54, 1.807) is 58.3 Å². The summed E-state index contributed by atoms with van der Waals surface area (Å²) in [5.41, 5.74) is 2.50. The van der Waals surface area contributed by atoms with Gasteiger partial charge in [0.05, 0.1) is 33.9 Å². The van der Waals surface area contributed by atoms with Crippen LogP contribution in [0.25, 0.3) is 33.2 Å². The molecule has 47 heavy (non-hydrogen) atoms. The maximum Gasteiger partial charge on any atom is 0.408 e. The predicted molar refractivity (Wildman–Crippen MR) is 180 cm³/mol. The number of carbonyl (C=O) groups excluding carboxylic acids is 1. The number of fused-ring (bicyclic) bond motifs is 1. The number of aromatic nitrogens is 3. The number of ether oxygens (including phenoxy) is 1. The molecule has 2 N–H and O–H groups in total. The Kier molecular flexibility index (Phi) is 9.50. The fourth-order valence-electron chi connectivity index (χ4n) is 5.28. The second kappa shape index (κ2) is 13.1. The zero-order chi connectivity index (χ0) is 34.3. The molecule has 1 atom stereocenters. The van der Waals surface area contributed by atoms with Gasteiger partial charge in [0.25, 0.3) is 0 Å². The number of hydrogen-bond donors (Lipinski definition) is 2. The molecule has 0 aliphatic heterocycles. The van der Waals surface area contributed by atoms with Gasteiger partial charge < -0.3 is 10.1 Å². The predicted octanol–water partition coefficient (Wildman–Crippen LogP) is 8.07. The Morgan fingerprint density at radius 1 is 0.979 bits per heavy atom. The highest BCUT2D eigenvalue weighted by Gasteiger charge is 2.28. The van der Waals surface area contributed by atoms with Crippen LogP contribution in [-0.2, 0) is 28.2 Å². The summed E-state index contributed by atoms with van der Waals surface area (Å²) < 4.78 is 62.4. The van der Waals surface area contributed by atoms with Crippen molar-refractivity contribution < 1.29 is 26.7 Å². The SMILES string of the molecule is Cn1nc(NS(C)(=O)=O)c2c(Cl)ccc(-c3cc(-c4ccccc4Cl)cnc3[C@H](Cc3cc(F)cc(F)c3)NC(=O)OC(C)(C)C)c21. The minimum absolute atomic E-state index is 0.0206. The number of hydrogen-bond acceptors (Lipinski definition) is 6. The van der Waals surface area contributed by atoms with Crippen molar-refractivity contribution in [3.8, 4) is 22.3 Å². The van der Waals surface area contributed by atoms with Crippen LogP contribution < -0.4 is 10.0 Å². The van der Waals surface area contributed by atoms with Gasteiger partial charge in [-0.2, -0.15) is 5.10 Å². The molecule has 5 rings (SSSR count). The molecule has 0 spiro atoms. The molecule has 0 fully saturated rings. The molecule has 0 aliphatic rings. The van der Waals surface area contributed by atoms with E-state index >= 15 is 0 Å². The molecule has 0 saturated heterocycles. The zero-order valence-electron chi connectivity index (χ0n) is 26.0. The van der Waals surface area contributed by atoms with Gasteiger partial charge in [0.1, 0.15) is 17.2 Å². The molecule has 2 heterocycles. The largest absolute Gasteiger partial charge is 0.444 e. The molecule has 246 valence electrons. The summed E-state index contributed by atoms with van der Waals surface area (Å²) in [5, 5.41) is 8.26. The zero-order valence-corrected chi connectivity index (χ0v) is 28.4. The maximum absolute atomic E-state index is 14.3. The van der Waals surface area contributed by atoms with Gasteiger partial charge in [0.2, 0.25) is 10.0 Å². The van der Waals surface area contributed by atoms with Crippen LogP contribution in [0.1, 0.15) is 38.1 Å². The average Bonchev–Trinajstić information content (AvgIpc) is 3.26. The molecule has 9 nitrogen and oxygen atoms in total. The van der Waals surface area contributed by atoms with E-state index in [-0.39, 0.29) is 22.8 Å². The topological polar surface area (TPSA) is 115 Å². The Hall–Kier alpha value is -4.26. The second-order valence-electron chi connectivity index (χ2n) is 12.0. The highest BCUT2D eigenvalue weighted by Crippen LogP contribution is 2.41. The first kappa shape index (κ1) is 34.1. The Bertz CT molecular complexity index is 2100. The minimum atomic E-state index is -3.72. The van der Waals surface area contributed by atoms with Crippen LogP contribution in [0.3, 0.4) is 0 Å². The molecule has 0 unspecified atom stereocenters. The molecule has 3 aromatic carbocycles. The first-order chi connectivity index (χ1) is 22.0. The molecule has 5 aromatic rings. The average molecular weight is 703 g/mol. The van der Waals surface area contributed by atoms with Crippen LogP contribution in [0.4, 0.5) is 19.4 Å². The highest BCUT2D eigenvalue weighted by molar-refractivity contribution is 7.92. The fraction of sp³-hybridized carbons (Fsp3) is 0.242. The van der Waals surface area contributed by atoms with E-state index in [1.807, 2.05) is 18.2 Å². The molecule has 1 amide bonds. The third-order valence-corrected chi connectivity index (χ3v) is 8.21. The van der Waals surface area contributed by atoms with Gasteiger partial charge in [-0.1, -0.05) is 47.5 Å². The van der Waals surface area contributed by atoms with E-state index in [0.29, 0.717) is 43.9 Å². The third-order valence-electron chi connectivity index (χ3n) is 7.00. The van der Waals surface area contributed by atoms with Crippen molar-refractivity contribution in [2.24, 2.45) is 7.05 Å². The molecule has 14 heteroatoms. The lowest BCUT2D eigenvalue weighted by molar-refractivity contribution is 0.0502. The van der Waals surface area contributed by atoms with Gasteiger partial charge in [-0.15, -0.1) is 0 Å². The monoisotopic (exact) mass is 701 g/mol. The smallest absolute Gasteiger partial charge is 0.408 e. The van der Waals surface area contributed by atoms with Gasteiger partial charge in [0, 0.05) is 46.6 Å². The van der Waals surface area contributed by atoms with Crippen LogP contribution in [0, 0.1) is 11.6 Å². The van der Waals surface area contributed by atoms with Crippen molar-refractivity contribution in [2.75, 3.05) is 11.0 Å². The summed E-state index contributed by atoms with van der Waals surface area (Å²) in [6, 6.07) is 14.5. The van der Waals surface area contributed by atoms with E-state index < -0.39 is 39.4 Å². The molecular weight excluding hydrogens is 671 g/mol. The number of anilines is 1. The van der Waals surface area contributed by atoms with Gasteiger partial charge >= 0.3 is 6.09 Å². The summed E-state index contributed by atoms with van der Waals surface area (Å²) in [6.45, 7) is 5.13. The first-order valence-corrected chi connectivity index (χ1v) is 17.0. The number of rotatable bonds is 8. The number of aryl methyl sites for hydroxylation is 1. The van der Waals surface area contributed by atoms with Crippen LogP contribution in [-0.4, -0.2) is 41.1 Å². The molecular formula is C33H31Cl2F2N5O4S. The lowest BCUT2D eigenvalue weighted by Crippen LogP contribution is -2.36. The molecule has 0 aliphatic carbocycles. The lowest BCUT2D eigenvalue weighted by Gasteiger charge is -2.25. The molecule has 0 bridgehead atoms. The molecule has 2 aromatic heterocycles. The van der Waals surface area contributed by atoms with Crippen molar-refractivity contribution >= 4 is 56.0 Å². The van der Waals surface area contributed by atoms with Crippen LogP contribution in [0.2, 0.25) is 10.0 Å². The van der Waals surface area contributed by atoms with Gasteiger partial charge in [-0.25, -0.2) is 22.0 Å². The number of pyridine rings is 1. The Morgan fingerprint density at radius 2 is 1.66 bits per heavy atom. The minimum Gasteiger partial charge on any atom is -0.444 e. The summed E-state index contributed by atoms with van der Waals surface area (Å²) in [7, 11) is -2.09.